The first-order valence-corrected chi connectivity index (χ1v) is 8.91. The highest BCUT2D eigenvalue weighted by Crippen LogP contribution is 2.18. The van der Waals surface area contributed by atoms with Crippen molar-refractivity contribution in [3.05, 3.63) is 58.3 Å². The summed E-state index contributed by atoms with van der Waals surface area (Å²) in [6.45, 7) is 4.47. The maximum absolute atomic E-state index is 12.4. The lowest BCUT2D eigenvalue weighted by Crippen LogP contribution is -2.50. The van der Waals surface area contributed by atoms with Crippen molar-refractivity contribution in [1.82, 2.24) is 9.88 Å². The van der Waals surface area contributed by atoms with E-state index in [0.29, 0.717) is 37.7 Å². The van der Waals surface area contributed by atoms with E-state index in [-0.39, 0.29) is 18.2 Å². The number of hydrogen-bond acceptors (Lipinski definition) is 6. The first kappa shape index (κ1) is 18.6. The molecule has 0 atom stereocenters. The van der Waals surface area contributed by atoms with Crippen LogP contribution in [0.1, 0.15) is 12.5 Å². The zero-order valence-electron chi connectivity index (χ0n) is 15.2. The largest absolute Gasteiger partial charge is 0.484 e. The molecule has 0 saturated carbocycles. The van der Waals surface area contributed by atoms with Crippen LogP contribution >= 0.6 is 0 Å². The Kier molecular flexibility index (Phi) is 5.85. The summed E-state index contributed by atoms with van der Waals surface area (Å²) in [6.07, 6.45) is 2.18. The van der Waals surface area contributed by atoms with E-state index in [2.05, 4.69) is 11.9 Å². The van der Waals surface area contributed by atoms with Gasteiger partial charge < -0.3 is 14.5 Å². The standard InChI is InChI=1S/C19H22N4O4/c1-2-15-4-3-5-17(12-15)27-14-19(24)22-10-8-21(9-11-22)18-7-6-16(13-20-18)23(25)26/h3-7,12-13H,2,8-11,14H2,1H3. The molecule has 0 radical (unpaired) electrons. The first-order chi connectivity index (χ1) is 13.1. The van der Waals surface area contributed by atoms with Gasteiger partial charge in [0.25, 0.3) is 11.6 Å². The summed E-state index contributed by atoms with van der Waals surface area (Å²) in [4.78, 5) is 30.5. The molecule has 0 aliphatic carbocycles. The Hall–Kier alpha value is -3.16. The Morgan fingerprint density at radius 2 is 2.00 bits per heavy atom. The van der Waals surface area contributed by atoms with Crippen LogP contribution in [-0.4, -0.2) is 53.5 Å². The Morgan fingerprint density at radius 3 is 2.63 bits per heavy atom. The van der Waals surface area contributed by atoms with Crippen molar-refractivity contribution in [2.75, 3.05) is 37.7 Å². The van der Waals surface area contributed by atoms with Gasteiger partial charge in [-0.15, -0.1) is 0 Å². The molecule has 1 aromatic carbocycles. The van der Waals surface area contributed by atoms with Crippen molar-refractivity contribution >= 4 is 17.4 Å². The number of pyridine rings is 1. The summed E-state index contributed by atoms with van der Waals surface area (Å²) in [5.74, 6) is 1.34. The summed E-state index contributed by atoms with van der Waals surface area (Å²) in [6, 6.07) is 10.8. The normalized spacial score (nSPS) is 14.1. The van der Waals surface area contributed by atoms with E-state index in [0.717, 1.165) is 6.42 Å². The van der Waals surface area contributed by atoms with Crippen LogP contribution in [0.25, 0.3) is 0 Å². The average Bonchev–Trinajstić information content (AvgIpc) is 2.72. The maximum Gasteiger partial charge on any atom is 0.287 e. The quantitative estimate of drug-likeness (QED) is 0.572. The number of aromatic nitrogens is 1. The summed E-state index contributed by atoms with van der Waals surface area (Å²) in [5.41, 5.74) is 1.14. The summed E-state index contributed by atoms with van der Waals surface area (Å²) >= 11 is 0. The van der Waals surface area contributed by atoms with Crippen molar-refractivity contribution in [2.45, 2.75) is 13.3 Å². The van der Waals surface area contributed by atoms with E-state index < -0.39 is 4.92 Å². The van der Waals surface area contributed by atoms with Crippen LogP contribution < -0.4 is 9.64 Å². The van der Waals surface area contributed by atoms with Crippen LogP contribution in [0.3, 0.4) is 0 Å². The van der Waals surface area contributed by atoms with Crippen molar-refractivity contribution in [3.8, 4) is 5.75 Å². The maximum atomic E-state index is 12.4. The molecule has 1 amide bonds. The summed E-state index contributed by atoms with van der Waals surface area (Å²) in [5, 5.41) is 10.7. The molecule has 1 aliphatic heterocycles. The lowest BCUT2D eigenvalue weighted by Gasteiger charge is -2.35. The molecule has 142 valence electrons. The number of carbonyl (C=O) groups excluding carboxylic acids is 1. The van der Waals surface area contributed by atoms with E-state index in [4.69, 9.17) is 4.74 Å². The number of benzene rings is 1. The zero-order valence-corrected chi connectivity index (χ0v) is 15.2. The van der Waals surface area contributed by atoms with Gasteiger partial charge in [0.1, 0.15) is 17.8 Å². The fraction of sp³-hybridized carbons (Fsp3) is 0.368. The molecule has 0 bridgehead atoms. The van der Waals surface area contributed by atoms with Crippen LogP contribution in [0.5, 0.6) is 5.75 Å². The lowest BCUT2D eigenvalue weighted by atomic mass is 10.2. The van der Waals surface area contributed by atoms with Gasteiger partial charge in [-0.05, 0) is 30.2 Å². The third-order valence-corrected chi connectivity index (χ3v) is 4.57. The number of carbonyl (C=O) groups is 1. The molecule has 1 aliphatic rings. The number of hydrogen-bond donors (Lipinski definition) is 0. The Labute approximate surface area is 157 Å². The fourth-order valence-electron chi connectivity index (χ4n) is 2.95. The van der Waals surface area contributed by atoms with Crippen LogP contribution in [-0.2, 0) is 11.2 Å². The van der Waals surface area contributed by atoms with Gasteiger partial charge in [-0.2, -0.15) is 0 Å². The fourth-order valence-corrected chi connectivity index (χ4v) is 2.95. The van der Waals surface area contributed by atoms with Gasteiger partial charge in [0.05, 0.1) is 4.92 Å². The van der Waals surface area contributed by atoms with Crippen LogP contribution in [0.2, 0.25) is 0 Å². The van der Waals surface area contributed by atoms with Crippen LogP contribution in [0.15, 0.2) is 42.6 Å². The summed E-state index contributed by atoms with van der Waals surface area (Å²) in [7, 11) is 0. The molecular weight excluding hydrogens is 348 g/mol. The highest BCUT2D eigenvalue weighted by Gasteiger charge is 2.22. The molecule has 8 nitrogen and oxygen atoms in total. The molecule has 2 heterocycles. The molecule has 8 heteroatoms. The molecule has 1 aromatic heterocycles. The van der Waals surface area contributed by atoms with Gasteiger partial charge in [0.2, 0.25) is 0 Å². The molecule has 2 aromatic rings. The van der Waals surface area contributed by atoms with Gasteiger partial charge in [-0.3, -0.25) is 14.9 Å². The molecule has 1 fully saturated rings. The second-order valence-corrected chi connectivity index (χ2v) is 6.29. The minimum Gasteiger partial charge on any atom is -0.484 e. The van der Waals surface area contributed by atoms with Gasteiger partial charge >= 0.3 is 0 Å². The third kappa shape index (κ3) is 4.72. The van der Waals surface area contributed by atoms with Crippen molar-refractivity contribution in [2.24, 2.45) is 0 Å². The predicted octanol–water partition coefficient (Wildman–Crippen LogP) is 2.28. The van der Waals surface area contributed by atoms with E-state index in [9.17, 15) is 14.9 Å². The molecule has 0 spiro atoms. The first-order valence-electron chi connectivity index (χ1n) is 8.91. The number of nitro groups is 1. The van der Waals surface area contributed by atoms with Crippen molar-refractivity contribution in [3.63, 3.8) is 0 Å². The number of aryl methyl sites for hydroxylation is 1. The lowest BCUT2D eigenvalue weighted by molar-refractivity contribution is -0.385. The SMILES string of the molecule is CCc1cccc(OCC(=O)N2CCN(c3ccc([N+](=O)[O-])cn3)CC2)c1. The van der Waals surface area contributed by atoms with Gasteiger partial charge in [0, 0.05) is 32.2 Å². The zero-order chi connectivity index (χ0) is 19.2. The molecule has 1 saturated heterocycles. The van der Waals surface area contributed by atoms with Crippen molar-refractivity contribution < 1.29 is 14.5 Å². The minimum atomic E-state index is -0.469. The second kappa shape index (κ2) is 8.48. The minimum absolute atomic E-state index is 0.0168. The monoisotopic (exact) mass is 370 g/mol. The van der Waals surface area contributed by atoms with Gasteiger partial charge in [0.15, 0.2) is 6.61 Å². The highest BCUT2D eigenvalue weighted by molar-refractivity contribution is 5.78. The summed E-state index contributed by atoms with van der Waals surface area (Å²) < 4.78 is 5.63. The van der Waals surface area contributed by atoms with E-state index in [1.807, 2.05) is 29.2 Å². The number of piperazine rings is 1. The average molecular weight is 370 g/mol. The van der Waals surface area contributed by atoms with E-state index >= 15 is 0 Å². The third-order valence-electron chi connectivity index (χ3n) is 4.57. The Morgan fingerprint density at radius 1 is 1.22 bits per heavy atom. The number of amides is 1. The second-order valence-electron chi connectivity index (χ2n) is 6.29. The molecular formula is C19H22N4O4. The molecule has 3 rings (SSSR count). The number of rotatable bonds is 6. The smallest absolute Gasteiger partial charge is 0.287 e. The molecule has 0 N–H and O–H groups in total. The highest BCUT2D eigenvalue weighted by atomic mass is 16.6. The molecule has 27 heavy (non-hydrogen) atoms. The topological polar surface area (TPSA) is 88.8 Å². The van der Waals surface area contributed by atoms with Gasteiger partial charge in [-0.25, -0.2) is 4.98 Å². The Balaban J connectivity index is 1.49. The van der Waals surface area contributed by atoms with E-state index in [1.54, 1.807) is 11.0 Å². The predicted molar refractivity (Wildman–Crippen MR) is 101 cm³/mol. The number of nitrogens with zero attached hydrogens (tertiary/aromatic N) is 4. The number of anilines is 1. The number of ether oxygens (including phenoxy) is 1. The van der Waals surface area contributed by atoms with Crippen LogP contribution in [0.4, 0.5) is 11.5 Å². The molecule has 0 unspecified atom stereocenters. The van der Waals surface area contributed by atoms with E-state index in [1.165, 1.54) is 17.8 Å². The Bertz CT molecular complexity index is 802. The van der Waals surface area contributed by atoms with Crippen LogP contribution in [0, 0.1) is 10.1 Å². The van der Waals surface area contributed by atoms with Crippen molar-refractivity contribution in [1.29, 1.82) is 0 Å². The van der Waals surface area contributed by atoms with Gasteiger partial charge in [-0.1, -0.05) is 19.1 Å².